The van der Waals surface area contributed by atoms with Crippen LogP contribution in [0.4, 0.5) is 0 Å². The number of hydrogen-bond acceptors (Lipinski definition) is 3. The summed E-state index contributed by atoms with van der Waals surface area (Å²) in [5, 5.41) is 4.83. The zero-order valence-corrected chi connectivity index (χ0v) is 19.3. The van der Waals surface area contributed by atoms with Crippen molar-refractivity contribution in [3.63, 3.8) is 0 Å². The van der Waals surface area contributed by atoms with Crippen LogP contribution in [0.3, 0.4) is 0 Å². The number of para-hydroxylation sites is 1. The zero-order chi connectivity index (χ0) is 18.9. The quantitative estimate of drug-likeness (QED) is 0.253. The number of nitrogens with zero attached hydrogens (tertiary/aromatic N) is 2. The number of aliphatic imine (C=N–C) groups is 1. The molecule has 2 N–H and O–H groups in total. The standard InChI is InChI=1S/C21H32N4O2.HI/c1-22-21(25-12-9-18(10-13-25)27-15-5-14-26-2)23-11-8-17-16-24-20-7-4-3-6-19(17)20;/h3-4,6-7,16,18,24H,5,8-15H2,1-2H3,(H,22,23);1H. The number of H-pyrrole nitrogens is 1. The first-order chi connectivity index (χ1) is 13.3. The summed E-state index contributed by atoms with van der Waals surface area (Å²) in [7, 11) is 3.59. The van der Waals surface area contributed by atoms with E-state index in [0.717, 1.165) is 64.5 Å². The summed E-state index contributed by atoms with van der Waals surface area (Å²) in [6.45, 7) is 4.41. The molecule has 1 aliphatic heterocycles. The maximum absolute atomic E-state index is 5.95. The van der Waals surface area contributed by atoms with E-state index in [1.807, 2.05) is 7.05 Å². The van der Waals surface area contributed by atoms with E-state index in [1.165, 1.54) is 16.5 Å². The molecule has 0 aliphatic carbocycles. The number of benzene rings is 1. The molecule has 6 nitrogen and oxygen atoms in total. The third kappa shape index (κ3) is 6.35. The highest BCUT2D eigenvalue weighted by atomic mass is 127. The highest BCUT2D eigenvalue weighted by Gasteiger charge is 2.21. The number of nitrogens with one attached hydrogen (secondary N) is 2. The number of guanidine groups is 1. The number of hydrogen-bond donors (Lipinski definition) is 2. The predicted molar refractivity (Wildman–Crippen MR) is 126 cm³/mol. The number of ether oxygens (including phenoxy) is 2. The molecule has 0 unspecified atom stereocenters. The second kappa shape index (κ2) is 12.3. The van der Waals surface area contributed by atoms with Gasteiger partial charge in [-0.3, -0.25) is 4.99 Å². The van der Waals surface area contributed by atoms with Gasteiger partial charge in [0.05, 0.1) is 6.10 Å². The van der Waals surface area contributed by atoms with Gasteiger partial charge in [-0.1, -0.05) is 18.2 Å². The SMILES string of the molecule is CN=C(NCCc1c[nH]c2ccccc12)N1CCC(OCCCOC)CC1.I. The van der Waals surface area contributed by atoms with Crippen molar-refractivity contribution in [3.05, 3.63) is 36.0 Å². The van der Waals surface area contributed by atoms with Gasteiger partial charge in [-0.15, -0.1) is 24.0 Å². The first kappa shape index (κ1) is 23.0. The first-order valence-corrected chi connectivity index (χ1v) is 9.93. The van der Waals surface area contributed by atoms with Crippen LogP contribution in [-0.2, 0) is 15.9 Å². The Kier molecular flexibility index (Phi) is 10.1. The Bertz CT molecular complexity index is 726. The molecule has 0 amide bonds. The van der Waals surface area contributed by atoms with E-state index in [2.05, 4.69) is 50.7 Å². The van der Waals surface area contributed by atoms with Gasteiger partial charge in [-0.25, -0.2) is 0 Å². The van der Waals surface area contributed by atoms with Crippen LogP contribution in [-0.4, -0.2) is 69.0 Å². The summed E-state index contributed by atoms with van der Waals surface area (Å²) in [6.07, 6.45) is 6.52. The summed E-state index contributed by atoms with van der Waals surface area (Å²) in [5.74, 6) is 0.993. The number of aromatic amines is 1. The number of halogens is 1. The zero-order valence-electron chi connectivity index (χ0n) is 16.9. The van der Waals surface area contributed by atoms with Gasteiger partial charge in [0.15, 0.2) is 5.96 Å². The molecule has 1 aromatic heterocycles. The minimum absolute atomic E-state index is 0. The predicted octanol–water partition coefficient (Wildman–Crippen LogP) is 3.42. The van der Waals surface area contributed by atoms with Crippen LogP contribution in [0.15, 0.2) is 35.5 Å². The van der Waals surface area contributed by atoms with Gasteiger partial charge in [0, 0.05) is 64.1 Å². The van der Waals surface area contributed by atoms with Crippen LogP contribution in [0, 0.1) is 0 Å². The number of aromatic nitrogens is 1. The summed E-state index contributed by atoms with van der Waals surface area (Å²) >= 11 is 0. The van der Waals surface area contributed by atoms with Crippen LogP contribution in [0.5, 0.6) is 0 Å². The second-order valence-electron chi connectivity index (χ2n) is 6.99. The van der Waals surface area contributed by atoms with Gasteiger partial charge in [-0.2, -0.15) is 0 Å². The van der Waals surface area contributed by atoms with Gasteiger partial charge in [0.1, 0.15) is 0 Å². The molecule has 2 heterocycles. The third-order valence-corrected chi connectivity index (χ3v) is 5.15. The molecule has 0 spiro atoms. The monoisotopic (exact) mass is 500 g/mol. The Morgan fingerprint density at radius 1 is 1.25 bits per heavy atom. The molecule has 1 aliphatic rings. The average molecular weight is 500 g/mol. The Morgan fingerprint density at radius 2 is 2.04 bits per heavy atom. The fourth-order valence-electron chi connectivity index (χ4n) is 3.67. The van der Waals surface area contributed by atoms with Crippen molar-refractivity contribution in [2.45, 2.75) is 31.8 Å². The van der Waals surface area contributed by atoms with E-state index < -0.39 is 0 Å². The van der Waals surface area contributed by atoms with E-state index in [-0.39, 0.29) is 24.0 Å². The van der Waals surface area contributed by atoms with Crippen LogP contribution >= 0.6 is 24.0 Å². The molecule has 3 rings (SSSR count). The molecule has 0 saturated carbocycles. The lowest BCUT2D eigenvalue weighted by Crippen LogP contribution is -2.47. The smallest absolute Gasteiger partial charge is 0.193 e. The molecular weight excluding hydrogens is 467 g/mol. The fraction of sp³-hybridized carbons (Fsp3) is 0.571. The summed E-state index contributed by atoms with van der Waals surface area (Å²) < 4.78 is 11.0. The number of rotatable bonds is 8. The Morgan fingerprint density at radius 3 is 2.79 bits per heavy atom. The van der Waals surface area contributed by atoms with Gasteiger partial charge in [-0.05, 0) is 37.3 Å². The molecular formula is C21H33IN4O2. The van der Waals surface area contributed by atoms with Gasteiger partial charge in [0.2, 0.25) is 0 Å². The van der Waals surface area contributed by atoms with E-state index in [9.17, 15) is 0 Å². The minimum atomic E-state index is 0. The fourth-order valence-corrected chi connectivity index (χ4v) is 3.67. The normalized spacial score (nSPS) is 15.6. The number of likely N-dealkylation sites (tertiary alicyclic amines) is 1. The molecule has 156 valence electrons. The van der Waals surface area contributed by atoms with Crippen LogP contribution in [0.25, 0.3) is 10.9 Å². The first-order valence-electron chi connectivity index (χ1n) is 9.93. The average Bonchev–Trinajstić information content (AvgIpc) is 3.12. The minimum Gasteiger partial charge on any atom is -0.385 e. The topological polar surface area (TPSA) is 61.9 Å². The highest BCUT2D eigenvalue weighted by molar-refractivity contribution is 14.0. The Hall–Kier alpha value is -1.32. The van der Waals surface area contributed by atoms with Crippen LogP contribution < -0.4 is 5.32 Å². The molecule has 1 saturated heterocycles. The van der Waals surface area contributed by atoms with Crippen molar-refractivity contribution in [2.75, 3.05) is 47.0 Å². The molecule has 0 radical (unpaired) electrons. The van der Waals surface area contributed by atoms with Crippen molar-refractivity contribution in [2.24, 2.45) is 4.99 Å². The van der Waals surface area contributed by atoms with Crippen molar-refractivity contribution in [1.82, 2.24) is 15.2 Å². The maximum Gasteiger partial charge on any atom is 0.193 e. The number of fused-ring (bicyclic) bond motifs is 1. The molecule has 1 aromatic carbocycles. The van der Waals surface area contributed by atoms with Gasteiger partial charge >= 0.3 is 0 Å². The van der Waals surface area contributed by atoms with E-state index in [0.29, 0.717) is 6.10 Å². The second-order valence-corrected chi connectivity index (χ2v) is 6.99. The van der Waals surface area contributed by atoms with E-state index >= 15 is 0 Å². The van der Waals surface area contributed by atoms with Crippen LogP contribution in [0.2, 0.25) is 0 Å². The van der Waals surface area contributed by atoms with Crippen LogP contribution in [0.1, 0.15) is 24.8 Å². The van der Waals surface area contributed by atoms with E-state index in [4.69, 9.17) is 9.47 Å². The van der Waals surface area contributed by atoms with Gasteiger partial charge in [0.25, 0.3) is 0 Å². The summed E-state index contributed by atoms with van der Waals surface area (Å²) in [4.78, 5) is 10.2. The summed E-state index contributed by atoms with van der Waals surface area (Å²) in [6, 6.07) is 8.45. The lowest BCUT2D eigenvalue weighted by Gasteiger charge is -2.34. The van der Waals surface area contributed by atoms with E-state index in [1.54, 1.807) is 7.11 Å². The Balaban J connectivity index is 0.00000280. The van der Waals surface area contributed by atoms with Crippen molar-refractivity contribution >= 4 is 40.8 Å². The van der Waals surface area contributed by atoms with Crippen molar-refractivity contribution in [3.8, 4) is 0 Å². The van der Waals surface area contributed by atoms with Gasteiger partial charge < -0.3 is 24.7 Å². The molecule has 2 aromatic rings. The molecule has 7 heteroatoms. The lowest BCUT2D eigenvalue weighted by atomic mass is 10.1. The lowest BCUT2D eigenvalue weighted by molar-refractivity contribution is 0.00992. The van der Waals surface area contributed by atoms with Crippen molar-refractivity contribution < 1.29 is 9.47 Å². The summed E-state index contributed by atoms with van der Waals surface area (Å²) in [5.41, 5.74) is 2.54. The molecule has 0 bridgehead atoms. The highest BCUT2D eigenvalue weighted by Crippen LogP contribution is 2.18. The molecule has 0 atom stereocenters. The molecule has 1 fully saturated rings. The largest absolute Gasteiger partial charge is 0.385 e. The Labute approximate surface area is 185 Å². The number of methoxy groups -OCH3 is 1. The molecule has 28 heavy (non-hydrogen) atoms. The third-order valence-electron chi connectivity index (χ3n) is 5.15. The van der Waals surface area contributed by atoms with Crippen molar-refractivity contribution in [1.29, 1.82) is 0 Å². The maximum atomic E-state index is 5.95. The number of piperidine rings is 1.